The van der Waals surface area contributed by atoms with E-state index in [0.29, 0.717) is 29.4 Å². The number of nitrogens with two attached hydrogens (primary N) is 1. The van der Waals surface area contributed by atoms with E-state index in [1.54, 1.807) is 6.07 Å². The Hall–Kier alpha value is -0.770. The molecule has 5 heteroatoms. The number of rotatable bonds is 9. The molecule has 20 heavy (non-hydrogen) atoms. The summed E-state index contributed by atoms with van der Waals surface area (Å²) in [5.41, 5.74) is 6.38. The molecule has 0 unspecified atom stereocenters. The van der Waals surface area contributed by atoms with Crippen molar-refractivity contribution >= 4 is 29.1 Å². The molecule has 0 aromatic heterocycles. The standard InChI is InChI=1S/C15H22Cl2N2O/c16-13-7-5-6-12(15(13)17)9-11-19-14(20)8-3-1-2-4-10-18/h5-7H,1-4,8-11,18H2,(H,19,20). The predicted octanol–water partition coefficient (Wildman–Crippen LogP) is 3.56. The zero-order valence-corrected chi connectivity index (χ0v) is 13.1. The van der Waals surface area contributed by atoms with Gasteiger partial charge in [-0.15, -0.1) is 0 Å². The second kappa shape index (κ2) is 10.0. The Labute approximate surface area is 130 Å². The van der Waals surface area contributed by atoms with Gasteiger partial charge >= 0.3 is 0 Å². The zero-order valence-electron chi connectivity index (χ0n) is 11.6. The Kier molecular flexibility index (Phi) is 8.67. The van der Waals surface area contributed by atoms with Crippen molar-refractivity contribution in [1.29, 1.82) is 0 Å². The largest absolute Gasteiger partial charge is 0.356 e. The molecule has 3 nitrogen and oxygen atoms in total. The molecule has 0 aliphatic heterocycles. The third-order valence-corrected chi connectivity index (χ3v) is 3.96. The molecular weight excluding hydrogens is 295 g/mol. The van der Waals surface area contributed by atoms with Gasteiger partial charge in [0.1, 0.15) is 0 Å². The number of hydrogen-bond donors (Lipinski definition) is 2. The van der Waals surface area contributed by atoms with Gasteiger partial charge in [-0.2, -0.15) is 0 Å². The lowest BCUT2D eigenvalue weighted by molar-refractivity contribution is -0.121. The summed E-state index contributed by atoms with van der Waals surface area (Å²) in [6, 6.07) is 5.54. The SMILES string of the molecule is NCCCCCCC(=O)NCCc1cccc(Cl)c1Cl. The highest BCUT2D eigenvalue weighted by Gasteiger charge is 2.05. The molecule has 0 heterocycles. The number of benzene rings is 1. The van der Waals surface area contributed by atoms with Crippen molar-refractivity contribution < 1.29 is 4.79 Å². The maximum atomic E-state index is 11.6. The average Bonchev–Trinajstić information content (AvgIpc) is 2.43. The van der Waals surface area contributed by atoms with Crippen LogP contribution in [0.3, 0.4) is 0 Å². The van der Waals surface area contributed by atoms with E-state index in [1.807, 2.05) is 12.1 Å². The van der Waals surface area contributed by atoms with Crippen LogP contribution in [0.1, 0.15) is 37.7 Å². The summed E-state index contributed by atoms with van der Waals surface area (Å²) < 4.78 is 0. The van der Waals surface area contributed by atoms with Gasteiger partial charge in [0.25, 0.3) is 0 Å². The van der Waals surface area contributed by atoms with Crippen molar-refractivity contribution in [2.45, 2.75) is 38.5 Å². The minimum atomic E-state index is 0.0934. The van der Waals surface area contributed by atoms with Gasteiger partial charge in [-0.25, -0.2) is 0 Å². The van der Waals surface area contributed by atoms with Gasteiger partial charge in [0.15, 0.2) is 0 Å². The summed E-state index contributed by atoms with van der Waals surface area (Å²) in [6.07, 6.45) is 5.39. The maximum absolute atomic E-state index is 11.6. The zero-order chi connectivity index (χ0) is 14.8. The third kappa shape index (κ3) is 6.60. The molecule has 0 atom stereocenters. The number of carbonyl (C=O) groups is 1. The molecule has 0 saturated carbocycles. The first-order chi connectivity index (χ1) is 9.65. The van der Waals surface area contributed by atoms with E-state index in [-0.39, 0.29) is 5.91 Å². The molecule has 0 fully saturated rings. The van der Waals surface area contributed by atoms with Gasteiger partial charge < -0.3 is 11.1 Å². The lowest BCUT2D eigenvalue weighted by Gasteiger charge is -2.07. The fraction of sp³-hybridized carbons (Fsp3) is 0.533. The van der Waals surface area contributed by atoms with Crippen molar-refractivity contribution in [3.63, 3.8) is 0 Å². The molecule has 0 saturated heterocycles. The molecule has 0 radical (unpaired) electrons. The molecule has 1 aromatic rings. The normalized spacial score (nSPS) is 10.6. The summed E-state index contributed by atoms with van der Waals surface area (Å²) in [4.78, 5) is 11.6. The predicted molar refractivity (Wildman–Crippen MR) is 85.3 cm³/mol. The van der Waals surface area contributed by atoms with Crippen LogP contribution in [0, 0.1) is 0 Å². The fourth-order valence-electron chi connectivity index (χ4n) is 1.95. The monoisotopic (exact) mass is 316 g/mol. The quantitative estimate of drug-likeness (QED) is 0.684. The van der Waals surface area contributed by atoms with Crippen LogP contribution in [0.2, 0.25) is 10.0 Å². The molecule has 1 amide bonds. The number of hydrogen-bond acceptors (Lipinski definition) is 2. The van der Waals surface area contributed by atoms with Crippen LogP contribution in [-0.4, -0.2) is 19.0 Å². The van der Waals surface area contributed by atoms with Crippen molar-refractivity contribution in [1.82, 2.24) is 5.32 Å². The Bertz CT molecular complexity index is 424. The Morgan fingerprint density at radius 2 is 1.90 bits per heavy atom. The van der Waals surface area contributed by atoms with Crippen LogP contribution in [-0.2, 0) is 11.2 Å². The second-order valence-corrected chi connectivity index (χ2v) is 5.55. The van der Waals surface area contributed by atoms with E-state index in [0.717, 1.165) is 37.8 Å². The first-order valence-electron chi connectivity index (χ1n) is 7.05. The van der Waals surface area contributed by atoms with Crippen molar-refractivity contribution in [3.05, 3.63) is 33.8 Å². The molecule has 1 aromatic carbocycles. The molecule has 3 N–H and O–H groups in total. The molecule has 112 valence electrons. The van der Waals surface area contributed by atoms with Gasteiger partial charge in [-0.1, -0.05) is 48.2 Å². The van der Waals surface area contributed by atoms with Crippen molar-refractivity contribution in [3.8, 4) is 0 Å². The van der Waals surface area contributed by atoms with Crippen LogP contribution in [0.5, 0.6) is 0 Å². The minimum Gasteiger partial charge on any atom is -0.356 e. The number of nitrogens with one attached hydrogen (secondary N) is 1. The molecule has 0 aliphatic carbocycles. The molecule has 0 bridgehead atoms. The van der Waals surface area contributed by atoms with Crippen LogP contribution >= 0.6 is 23.2 Å². The van der Waals surface area contributed by atoms with Crippen LogP contribution < -0.4 is 11.1 Å². The Morgan fingerprint density at radius 3 is 2.65 bits per heavy atom. The second-order valence-electron chi connectivity index (χ2n) is 4.77. The van der Waals surface area contributed by atoms with Gasteiger partial charge in [0.05, 0.1) is 10.0 Å². The van der Waals surface area contributed by atoms with E-state index in [9.17, 15) is 4.79 Å². The highest BCUT2D eigenvalue weighted by Crippen LogP contribution is 2.25. The first kappa shape index (κ1) is 17.3. The summed E-state index contributed by atoms with van der Waals surface area (Å²) in [5, 5.41) is 4.03. The topological polar surface area (TPSA) is 55.1 Å². The van der Waals surface area contributed by atoms with E-state index in [4.69, 9.17) is 28.9 Å². The number of carbonyl (C=O) groups excluding carboxylic acids is 1. The van der Waals surface area contributed by atoms with Crippen molar-refractivity contribution in [2.24, 2.45) is 5.73 Å². The highest BCUT2D eigenvalue weighted by molar-refractivity contribution is 6.42. The summed E-state index contributed by atoms with van der Waals surface area (Å²) in [5.74, 6) is 0.0934. The van der Waals surface area contributed by atoms with Crippen LogP contribution in [0.25, 0.3) is 0 Å². The third-order valence-electron chi connectivity index (χ3n) is 3.11. The lowest BCUT2D eigenvalue weighted by Crippen LogP contribution is -2.25. The van der Waals surface area contributed by atoms with Gasteiger partial charge in [0, 0.05) is 13.0 Å². The summed E-state index contributed by atoms with van der Waals surface area (Å²) in [6.45, 7) is 1.31. The summed E-state index contributed by atoms with van der Waals surface area (Å²) in [7, 11) is 0. The van der Waals surface area contributed by atoms with E-state index in [1.165, 1.54) is 0 Å². The Balaban J connectivity index is 2.17. The van der Waals surface area contributed by atoms with Crippen LogP contribution in [0.4, 0.5) is 0 Å². The fourth-order valence-corrected chi connectivity index (χ4v) is 2.36. The van der Waals surface area contributed by atoms with Crippen molar-refractivity contribution in [2.75, 3.05) is 13.1 Å². The smallest absolute Gasteiger partial charge is 0.220 e. The number of unbranched alkanes of at least 4 members (excludes halogenated alkanes) is 3. The number of halogens is 2. The Morgan fingerprint density at radius 1 is 1.15 bits per heavy atom. The minimum absolute atomic E-state index is 0.0934. The molecule has 0 spiro atoms. The van der Waals surface area contributed by atoms with Gasteiger partial charge in [0.2, 0.25) is 5.91 Å². The van der Waals surface area contributed by atoms with E-state index >= 15 is 0 Å². The van der Waals surface area contributed by atoms with Crippen LogP contribution in [0.15, 0.2) is 18.2 Å². The summed E-state index contributed by atoms with van der Waals surface area (Å²) >= 11 is 12.0. The highest BCUT2D eigenvalue weighted by atomic mass is 35.5. The molecule has 0 aliphatic rings. The number of amides is 1. The molecular formula is C15H22Cl2N2O. The van der Waals surface area contributed by atoms with Gasteiger partial charge in [-0.05, 0) is 37.4 Å². The lowest BCUT2D eigenvalue weighted by atomic mass is 10.1. The maximum Gasteiger partial charge on any atom is 0.220 e. The van der Waals surface area contributed by atoms with Gasteiger partial charge in [-0.3, -0.25) is 4.79 Å². The van der Waals surface area contributed by atoms with E-state index in [2.05, 4.69) is 5.32 Å². The molecule has 1 rings (SSSR count). The average molecular weight is 317 g/mol. The first-order valence-corrected chi connectivity index (χ1v) is 7.80. The van der Waals surface area contributed by atoms with E-state index < -0.39 is 0 Å².